The van der Waals surface area contributed by atoms with E-state index >= 15 is 0 Å². The number of carbonyl (C=O) groups excluding carboxylic acids is 1. The Hall–Kier alpha value is -2.60. The van der Waals surface area contributed by atoms with Crippen molar-refractivity contribution in [2.24, 2.45) is 0 Å². The van der Waals surface area contributed by atoms with Gasteiger partial charge in [0.05, 0.1) is 13.0 Å². The number of carbonyl (C=O) groups is 1. The molecule has 120 valence electrons. The van der Waals surface area contributed by atoms with Crippen molar-refractivity contribution in [1.82, 2.24) is 10.9 Å². The summed E-state index contributed by atoms with van der Waals surface area (Å²) in [6, 6.07) is 17.1. The summed E-state index contributed by atoms with van der Waals surface area (Å²) >= 11 is 5.09. The summed E-state index contributed by atoms with van der Waals surface area (Å²) in [6.07, 6.45) is 0.231. The maximum atomic E-state index is 11.7. The van der Waals surface area contributed by atoms with Gasteiger partial charge in [-0.2, -0.15) is 0 Å². The zero-order valence-electron chi connectivity index (χ0n) is 12.8. The van der Waals surface area contributed by atoms with Crippen LogP contribution in [-0.2, 0) is 4.79 Å². The van der Waals surface area contributed by atoms with E-state index in [-0.39, 0.29) is 12.3 Å². The molecule has 0 aliphatic carbocycles. The number of hydrogen-bond donors (Lipinski definition) is 3. The van der Waals surface area contributed by atoms with E-state index in [2.05, 4.69) is 16.2 Å². The minimum absolute atomic E-state index is 0.200. The third-order valence-electron chi connectivity index (χ3n) is 2.97. The van der Waals surface area contributed by atoms with Crippen LogP contribution in [0.2, 0.25) is 0 Å². The third kappa shape index (κ3) is 6.36. The van der Waals surface area contributed by atoms with Gasteiger partial charge in [0.15, 0.2) is 5.11 Å². The summed E-state index contributed by atoms with van der Waals surface area (Å²) < 4.78 is 5.50. The van der Waals surface area contributed by atoms with E-state index in [1.165, 1.54) is 5.56 Å². The molecule has 0 saturated heterocycles. The van der Waals surface area contributed by atoms with Gasteiger partial charge in [0.1, 0.15) is 5.75 Å². The fourth-order valence-electron chi connectivity index (χ4n) is 1.77. The van der Waals surface area contributed by atoms with Crippen LogP contribution in [0.4, 0.5) is 5.69 Å². The molecule has 5 nitrogen and oxygen atoms in total. The van der Waals surface area contributed by atoms with Gasteiger partial charge in [-0.25, -0.2) is 0 Å². The molecule has 0 aliphatic heterocycles. The van der Waals surface area contributed by atoms with E-state index in [4.69, 9.17) is 17.0 Å². The molecule has 0 heterocycles. The second-order valence-electron chi connectivity index (χ2n) is 4.90. The van der Waals surface area contributed by atoms with Crippen LogP contribution in [-0.4, -0.2) is 17.6 Å². The third-order valence-corrected chi connectivity index (χ3v) is 3.17. The van der Waals surface area contributed by atoms with Gasteiger partial charge >= 0.3 is 0 Å². The first-order valence-corrected chi connectivity index (χ1v) is 7.64. The number of hydrazine groups is 1. The molecule has 0 atom stereocenters. The molecule has 0 aromatic heterocycles. The van der Waals surface area contributed by atoms with Crippen LogP contribution >= 0.6 is 12.2 Å². The van der Waals surface area contributed by atoms with Crippen molar-refractivity contribution < 1.29 is 9.53 Å². The van der Waals surface area contributed by atoms with Crippen molar-refractivity contribution in [2.45, 2.75) is 13.3 Å². The second kappa shape index (κ2) is 8.75. The smallest absolute Gasteiger partial charge is 0.241 e. The average Bonchev–Trinajstić information content (AvgIpc) is 2.56. The number of ether oxygens (including phenoxy) is 1. The molecule has 2 rings (SSSR count). The van der Waals surface area contributed by atoms with E-state index in [9.17, 15) is 4.79 Å². The van der Waals surface area contributed by atoms with Crippen LogP contribution < -0.4 is 20.9 Å². The molecule has 2 aromatic carbocycles. The Balaban J connectivity index is 1.63. The number of anilines is 1. The van der Waals surface area contributed by atoms with Crippen molar-refractivity contribution >= 4 is 28.9 Å². The molecule has 0 spiro atoms. The Bertz CT molecular complexity index is 645. The molecule has 0 radical (unpaired) electrons. The lowest BCUT2D eigenvalue weighted by atomic mass is 10.2. The maximum absolute atomic E-state index is 11.7. The van der Waals surface area contributed by atoms with Gasteiger partial charge in [-0.15, -0.1) is 0 Å². The first kappa shape index (κ1) is 16.8. The molecule has 0 saturated carbocycles. The van der Waals surface area contributed by atoms with Gasteiger partial charge in [-0.3, -0.25) is 15.6 Å². The molecule has 1 amide bonds. The summed E-state index contributed by atoms with van der Waals surface area (Å²) in [7, 11) is 0. The Morgan fingerprint density at radius 2 is 1.74 bits per heavy atom. The molecule has 23 heavy (non-hydrogen) atoms. The van der Waals surface area contributed by atoms with E-state index in [1.807, 2.05) is 61.5 Å². The summed E-state index contributed by atoms with van der Waals surface area (Å²) in [6.45, 7) is 2.31. The molecule has 0 fully saturated rings. The average molecular weight is 329 g/mol. The fourth-order valence-corrected chi connectivity index (χ4v) is 1.94. The van der Waals surface area contributed by atoms with Gasteiger partial charge in [-0.1, -0.05) is 35.9 Å². The fraction of sp³-hybridized carbons (Fsp3) is 0.176. The van der Waals surface area contributed by atoms with Crippen LogP contribution in [0.5, 0.6) is 5.75 Å². The number of nitrogens with one attached hydrogen (secondary N) is 3. The maximum Gasteiger partial charge on any atom is 0.241 e. The van der Waals surface area contributed by atoms with E-state index < -0.39 is 0 Å². The number of aryl methyl sites for hydroxylation is 1. The lowest BCUT2D eigenvalue weighted by Gasteiger charge is -2.12. The number of thiocarbonyl (C=S) groups is 1. The topological polar surface area (TPSA) is 62.4 Å². The van der Waals surface area contributed by atoms with Gasteiger partial charge in [0.25, 0.3) is 0 Å². The summed E-state index contributed by atoms with van der Waals surface area (Å²) in [5, 5.41) is 3.28. The Labute approximate surface area is 141 Å². The lowest BCUT2D eigenvalue weighted by Crippen LogP contribution is -2.44. The number of benzene rings is 2. The highest BCUT2D eigenvalue weighted by molar-refractivity contribution is 7.80. The summed E-state index contributed by atoms with van der Waals surface area (Å²) in [5.74, 6) is 0.548. The van der Waals surface area contributed by atoms with Crippen molar-refractivity contribution in [1.29, 1.82) is 0 Å². The molecule has 6 heteroatoms. The number of para-hydroxylation sites is 1. The lowest BCUT2D eigenvalue weighted by molar-refractivity contribution is -0.122. The SMILES string of the molecule is Cc1ccc(OCCC(=O)NNC(=S)Nc2ccccc2)cc1. The number of amides is 1. The van der Waals surface area contributed by atoms with Crippen LogP contribution in [0.3, 0.4) is 0 Å². The van der Waals surface area contributed by atoms with Gasteiger partial charge < -0.3 is 10.1 Å². The van der Waals surface area contributed by atoms with Gasteiger partial charge in [0.2, 0.25) is 5.91 Å². The number of rotatable bonds is 5. The molecular weight excluding hydrogens is 310 g/mol. The van der Waals surface area contributed by atoms with Gasteiger partial charge in [-0.05, 0) is 43.4 Å². The largest absolute Gasteiger partial charge is 0.493 e. The molecule has 0 bridgehead atoms. The first-order valence-electron chi connectivity index (χ1n) is 7.24. The van der Waals surface area contributed by atoms with Crippen molar-refractivity contribution in [3.63, 3.8) is 0 Å². The van der Waals surface area contributed by atoms with Crippen molar-refractivity contribution in [2.75, 3.05) is 11.9 Å². The highest BCUT2D eigenvalue weighted by Crippen LogP contribution is 2.11. The first-order chi connectivity index (χ1) is 11.1. The minimum Gasteiger partial charge on any atom is -0.493 e. The van der Waals surface area contributed by atoms with Crippen molar-refractivity contribution in [3.8, 4) is 5.75 Å². The van der Waals surface area contributed by atoms with E-state index in [1.54, 1.807) is 0 Å². The normalized spacial score (nSPS) is 9.78. The highest BCUT2D eigenvalue weighted by Gasteiger charge is 2.03. The number of hydrogen-bond acceptors (Lipinski definition) is 3. The summed E-state index contributed by atoms with van der Waals surface area (Å²) in [5.41, 5.74) is 7.19. The Morgan fingerprint density at radius 1 is 1.04 bits per heavy atom. The monoisotopic (exact) mass is 329 g/mol. The molecular formula is C17H19N3O2S. The second-order valence-corrected chi connectivity index (χ2v) is 5.31. The highest BCUT2D eigenvalue weighted by atomic mass is 32.1. The van der Waals surface area contributed by atoms with E-state index in [0.717, 1.165) is 11.4 Å². The Morgan fingerprint density at radius 3 is 2.43 bits per heavy atom. The predicted octanol–water partition coefficient (Wildman–Crippen LogP) is 2.78. The zero-order valence-corrected chi connectivity index (χ0v) is 13.7. The standard InChI is InChI=1S/C17H19N3O2S/c1-13-7-9-15(10-8-13)22-12-11-16(21)19-20-17(23)18-14-5-3-2-4-6-14/h2-10H,11-12H2,1H3,(H,19,21)(H2,18,20,23). The van der Waals surface area contributed by atoms with Crippen molar-refractivity contribution in [3.05, 3.63) is 60.2 Å². The van der Waals surface area contributed by atoms with Gasteiger partial charge in [0, 0.05) is 5.69 Å². The quantitative estimate of drug-likeness (QED) is 0.582. The zero-order chi connectivity index (χ0) is 16.5. The van der Waals surface area contributed by atoms with Crippen LogP contribution in [0, 0.1) is 6.92 Å². The van der Waals surface area contributed by atoms with E-state index in [0.29, 0.717) is 11.7 Å². The predicted molar refractivity (Wildman–Crippen MR) is 95.2 cm³/mol. The molecule has 3 N–H and O–H groups in total. The minimum atomic E-state index is -0.200. The Kier molecular flexibility index (Phi) is 6.38. The van der Waals surface area contributed by atoms with Crippen LogP contribution in [0.1, 0.15) is 12.0 Å². The molecule has 0 unspecified atom stereocenters. The molecule has 0 aliphatic rings. The summed E-state index contributed by atoms with van der Waals surface area (Å²) in [4.78, 5) is 11.7. The van der Waals surface area contributed by atoms with Crippen LogP contribution in [0.25, 0.3) is 0 Å². The van der Waals surface area contributed by atoms with Crippen LogP contribution in [0.15, 0.2) is 54.6 Å². The molecule has 2 aromatic rings.